The molecule has 2 amide bonds. The van der Waals surface area contributed by atoms with Gasteiger partial charge >= 0.3 is 0 Å². The number of rotatable bonds is 13. The van der Waals surface area contributed by atoms with Crippen molar-refractivity contribution in [2.75, 3.05) is 50.7 Å². The highest BCUT2D eigenvalue weighted by molar-refractivity contribution is 5.95. The van der Waals surface area contributed by atoms with Gasteiger partial charge in [-0.05, 0) is 48.5 Å². The first-order valence-corrected chi connectivity index (χ1v) is 11.0. The van der Waals surface area contributed by atoms with E-state index in [0.717, 1.165) is 11.4 Å². The van der Waals surface area contributed by atoms with Gasteiger partial charge in [0, 0.05) is 36.7 Å². The van der Waals surface area contributed by atoms with Crippen LogP contribution in [0.15, 0.2) is 78.9 Å². The van der Waals surface area contributed by atoms with E-state index >= 15 is 0 Å². The van der Waals surface area contributed by atoms with Crippen LogP contribution in [0.5, 0.6) is 11.5 Å². The fraction of sp³-hybridized carbons (Fsp3) is 0.231. The second-order valence-corrected chi connectivity index (χ2v) is 7.27. The molecule has 0 aliphatic heterocycles. The van der Waals surface area contributed by atoms with Crippen molar-refractivity contribution in [1.82, 2.24) is 5.32 Å². The Kier molecular flexibility index (Phi) is 9.76. The third-order valence-corrected chi connectivity index (χ3v) is 4.67. The maximum Gasteiger partial charge on any atom is 0.251 e. The molecular weight excluding hydrogens is 434 g/mol. The molecular formula is C26H29N3O5. The average molecular weight is 464 g/mol. The molecule has 0 spiro atoms. The van der Waals surface area contributed by atoms with E-state index in [9.17, 15) is 9.59 Å². The summed E-state index contributed by atoms with van der Waals surface area (Å²) in [5.41, 5.74) is 1.91. The maximum atomic E-state index is 12.3. The number of benzene rings is 3. The topological polar surface area (TPSA) is 97.9 Å². The Labute approximate surface area is 199 Å². The van der Waals surface area contributed by atoms with Gasteiger partial charge in [0.25, 0.3) is 5.91 Å². The van der Waals surface area contributed by atoms with Crippen LogP contribution < -0.4 is 25.4 Å². The first-order valence-electron chi connectivity index (χ1n) is 11.0. The van der Waals surface area contributed by atoms with Crippen LogP contribution in [0.3, 0.4) is 0 Å². The van der Waals surface area contributed by atoms with E-state index in [4.69, 9.17) is 14.2 Å². The summed E-state index contributed by atoms with van der Waals surface area (Å²) >= 11 is 0. The quantitative estimate of drug-likeness (QED) is 0.335. The molecule has 3 N–H and O–H groups in total. The van der Waals surface area contributed by atoms with Crippen LogP contribution in [-0.2, 0) is 9.53 Å². The predicted molar refractivity (Wildman–Crippen MR) is 132 cm³/mol. The van der Waals surface area contributed by atoms with Gasteiger partial charge in [-0.1, -0.05) is 24.3 Å². The van der Waals surface area contributed by atoms with Gasteiger partial charge in [-0.3, -0.25) is 9.59 Å². The average Bonchev–Trinajstić information content (AvgIpc) is 2.87. The summed E-state index contributed by atoms with van der Waals surface area (Å²) in [5.74, 6) is 1.06. The second-order valence-electron chi connectivity index (χ2n) is 7.27. The maximum absolute atomic E-state index is 12.3. The highest BCUT2D eigenvalue weighted by atomic mass is 16.5. The third kappa shape index (κ3) is 8.48. The highest BCUT2D eigenvalue weighted by Crippen LogP contribution is 2.18. The predicted octanol–water partition coefficient (Wildman–Crippen LogP) is 3.57. The summed E-state index contributed by atoms with van der Waals surface area (Å²) in [6, 6.07) is 23.6. The minimum atomic E-state index is -0.203. The third-order valence-electron chi connectivity index (χ3n) is 4.67. The van der Waals surface area contributed by atoms with Crippen molar-refractivity contribution in [3.05, 3.63) is 84.4 Å². The number of carbonyl (C=O) groups is 2. The summed E-state index contributed by atoms with van der Waals surface area (Å²) in [4.78, 5) is 24.3. The molecule has 0 bridgehead atoms. The van der Waals surface area contributed by atoms with E-state index in [2.05, 4.69) is 16.0 Å². The Morgan fingerprint density at radius 3 is 2.21 bits per heavy atom. The molecule has 0 fully saturated rings. The SMILES string of the molecule is COCCNC(=O)c1ccc(NCC(=O)Nc2cccc(OCCOc3ccccc3)c2)cc1. The molecule has 0 saturated carbocycles. The number of ether oxygens (including phenoxy) is 3. The summed E-state index contributed by atoms with van der Waals surface area (Å²) in [7, 11) is 1.58. The number of amides is 2. The van der Waals surface area contributed by atoms with E-state index in [1.54, 1.807) is 43.5 Å². The smallest absolute Gasteiger partial charge is 0.251 e. The molecule has 0 radical (unpaired) electrons. The van der Waals surface area contributed by atoms with E-state index < -0.39 is 0 Å². The van der Waals surface area contributed by atoms with Crippen molar-refractivity contribution in [2.24, 2.45) is 0 Å². The Bertz CT molecular complexity index is 1040. The number of nitrogens with one attached hydrogen (secondary N) is 3. The van der Waals surface area contributed by atoms with Crippen LogP contribution in [0.25, 0.3) is 0 Å². The zero-order valence-electron chi connectivity index (χ0n) is 19.1. The van der Waals surface area contributed by atoms with Crippen molar-refractivity contribution in [3.63, 3.8) is 0 Å². The van der Waals surface area contributed by atoms with Gasteiger partial charge in [0.2, 0.25) is 5.91 Å². The molecule has 3 rings (SSSR count). The standard InChI is InChI=1S/C26H29N3O5/c1-32-15-14-27-26(31)20-10-12-21(13-11-20)28-19-25(30)29-22-6-5-9-24(18-22)34-17-16-33-23-7-3-2-4-8-23/h2-13,18,28H,14-17,19H2,1H3,(H,27,31)(H,29,30). The lowest BCUT2D eigenvalue weighted by atomic mass is 10.2. The van der Waals surface area contributed by atoms with Crippen LogP contribution in [0.4, 0.5) is 11.4 Å². The molecule has 0 saturated heterocycles. The number of anilines is 2. The summed E-state index contributed by atoms with van der Waals surface area (Å²) in [6.45, 7) is 1.78. The first kappa shape index (κ1) is 24.6. The molecule has 8 heteroatoms. The van der Waals surface area contributed by atoms with E-state index in [1.165, 1.54) is 0 Å². The molecule has 0 atom stereocenters. The molecule has 0 aliphatic rings. The van der Waals surface area contributed by atoms with Gasteiger partial charge in [-0.2, -0.15) is 0 Å². The number of carbonyl (C=O) groups excluding carboxylic acids is 2. The molecule has 0 unspecified atom stereocenters. The van der Waals surface area contributed by atoms with Gasteiger partial charge in [-0.15, -0.1) is 0 Å². The normalized spacial score (nSPS) is 10.3. The highest BCUT2D eigenvalue weighted by Gasteiger charge is 2.07. The van der Waals surface area contributed by atoms with Crippen LogP contribution in [0, 0.1) is 0 Å². The van der Waals surface area contributed by atoms with Crippen LogP contribution in [0.1, 0.15) is 10.4 Å². The monoisotopic (exact) mass is 463 g/mol. The Morgan fingerprint density at radius 2 is 1.47 bits per heavy atom. The van der Waals surface area contributed by atoms with Crippen molar-refractivity contribution in [2.45, 2.75) is 0 Å². The fourth-order valence-corrected chi connectivity index (χ4v) is 3.00. The lowest BCUT2D eigenvalue weighted by Crippen LogP contribution is -2.26. The van der Waals surface area contributed by atoms with E-state index in [0.29, 0.717) is 43.4 Å². The Balaban J connectivity index is 1.39. The van der Waals surface area contributed by atoms with Crippen molar-refractivity contribution in [1.29, 1.82) is 0 Å². The number of hydrogen-bond donors (Lipinski definition) is 3. The minimum Gasteiger partial charge on any atom is -0.490 e. The summed E-state index contributed by atoms with van der Waals surface area (Å²) in [6.07, 6.45) is 0. The van der Waals surface area contributed by atoms with Gasteiger partial charge in [0.05, 0.1) is 13.2 Å². The fourth-order valence-electron chi connectivity index (χ4n) is 3.00. The number of hydrogen-bond acceptors (Lipinski definition) is 6. The van der Waals surface area contributed by atoms with E-state index in [-0.39, 0.29) is 18.4 Å². The van der Waals surface area contributed by atoms with Crippen LogP contribution in [-0.4, -0.2) is 51.8 Å². The minimum absolute atomic E-state index is 0.0788. The Hall–Kier alpha value is -4.04. The molecule has 3 aromatic rings. The molecule has 0 aromatic heterocycles. The van der Waals surface area contributed by atoms with Crippen LogP contribution in [0.2, 0.25) is 0 Å². The van der Waals surface area contributed by atoms with Gasteiger partial charge in [-0.25, -0.2) is 0 Å². The molecule has 8 nitrogen and oxygen atoms in total. The Morgan fingerprint density at radius 1 is 0.765 bits per heavy atom. The summed E-state index contributed by atoms with van der Waals surface area (Å²) < 4.78 is 16.2. The van der Waals surface area contributed by atoms with E-state index in [1.807, 2.05) is 42.5 Å². The lowest BCUT2D eigenvalue weighted by Gasteiger charge is -2.11. The zero-order valence-corrected chi connectivity index (χ0v) is 19.1. The largest absolute Gasteiger partial charge is 0.490 e. The zero-order chi connectivity index (χ0) is 24.0. The van der Waals surface area contributed by atoms with Crippen LogP contribution >= 0.6 is 0 Å². The molecule has 3 aromatic carbocycles. The van der Waals surface area contributed by atoms with Gasteiger partial charge in [0.1, 0.15) is 24.7 Å². The molecule has 0 aliphatic carbocycles. The molecule has 34 heavy (non-hydrogen) atoms. The number of para-hydroxylation sites is 1. The number of methoxy groups -OCH3 is 1. The molecule has 0 heterocycles. The van der Waals surface area contributed by atoms with Gasteiger partial charge < -0.3 is 30.2 Å². The van der Waals surface area contributed by atoms with Gasteiger partial charge in [0.15, 0.2) is 0 Å². The van der Waals surface area contributed by atoms with Crippen molar-refractivity contribution in [3.8, 4) is 11.5 Å². The van der Waals surface area contributed by atoms with Crippen molar-refractivity contribution < 1.29 is 23.8 Å². The van der Waals surface area contributed by atoms with Crippen molar-refractivity contribution >= 4 is 23.2 Å². The first-order chi connectivity index (χ1) is 16.6. The lowest BCUT2D eigenvalue weighted by molar-refractivity contribution is -0.114. The molecule has 178 valence electrons. The second kappa shape index (κ2) is 13.5. The summed E-state index contributed by atoms with van der Waals surface area (Å²) in [5, 5.41) is 8.64.